The summed E-state index contributed by atoms with van der Waals surface area (Å²) in [5.41, 5.74) is 4.70. The molecule has 0 bridgehead atoms. The molecule has 0 N–H and O–H groups in total. The first-order valence-corrected chi connectivity index (χ1v) is 8.35. The van der Waals surface area contributed by atoms with Crippen LogP contribution >= 0.6 is 11.6 Å². The molecule has 0 saturated heterocycles. The predicted molar refractivity (Wildman–Crippen MR) is 92.6 cm³/mol. The molecular formula is C20H18ClNO. The molecule has 1 heterocycles. The third kappa shape index (κ3) is 2.85. The average molecular weight is 324 g/mol. The number of likely N-dealkylation sites (tertiary alicyclic amines) is 1. The van der Waals surface area contributed by atoms with Gasteiger partial charge in [0.15, 0.2) is 5.78 Å². The highest BCUT2D eigenvalue weighted by Crippen LogP contribution is 2.40. The summed E-state index contributed by atoms with van der Waals surface area (Å²) in [4.78, 5) is 15.1. The van der Waals surface area contributed by atoms with Crippen molar-refractivity contribution in [2.45, 2.75) is 18.9 Å². The fourth-order valence-electron chi connectivity index (χ4n) is 3.69. The number of nitrogens with zero attached hydrogens (tertiary/aromatic N) is 1. The van der Waals surface area contributed by atoms with Crippen LogP contribution in [0.4, 0.5) is 0 Å². The summed E-state index contributed by atoms with van der Waals surface area (Å²) in [6.45, 7) is 2.59. The molecule has 2 nitrogen and oxygen atoms in total. The van der Waals surface area contributed by atoms with Crippen LogP contribution in [-0.2, 0) is 11.3 Å². The van der Waals surface area contributed by atoms with Gasteiger partial charge in [-0.1, -0.05) is 54.1 Å². The number of hydrogen-bond acceptors (Lipinski definition) is 2. The van der Waals surface area contributed by atoms with Crippen LogP contribution in [-0.4, -0.2) is 23.8 Å². The molecule has 0 fully saturated rings. The first kappa shape index (κ1) is 14.7. The van der Waals surface area contributed by atoms with Gasteiger partial charge in [0.2, 0.25) is 0 Å². The Morgan fingerprint density at radius 1 is 1.04 bits per heavy atom. The van der Waals surface area contributed by atoms with Crippen LogP contribution in [0.15, 0.2) is 65.7 Å². The minimum absolute atomic E-state index is 0.0300. The first-order valence-electron chi connectivity index (χ1n) is 7.97. The third-order valence-corrected chi connectivity index (χ3v) is 5.02. The van der Waals surface area contributed by atoms with Crippen molar-refractivity contribution in [3.63, 3.8) is 0 Å². The van der Waals surface area contributed by atoms with Gasteiger partial charge < -0.3 is 0 Å². The molecule has 0 radical (unpaired) electrons. The first-order chi connectivity index (χ1) is 11.2. The maximum atomic E-state index is 12.8. The zero-order valence-corrected chi connectivity index (χ0v) is 13.6. The standard InChI is InChI=1S/C20H18ClNO/c21-17-8-4-7-15(9-17)18-10-16-12-22(13-19(16)20(18)23)11-14-5-2-1-3-6-14/h1-9,18H,10-13H2. The lowest BCUT2D eigenvalue weighted by Crippen LogP contribution is -2.25. The molecular weight excluding hydrogens is 306 g/mol. The van der Waals surface area contributed by atoms with Crippen molar-refractivity contribution in [2.24, 2.45) is 0 Å². The third-order valence-electron chi connectivity index (χ3n) is 4.79. The van der Waals surface area contributed by atoms with Crippen molar-refractivity contribution in [3.8, 4) is 0 Å². The van der Waals surface area contributed by atoms with Gasteiger partial charge in [-0.05, 0) is 35.3 Å². The van der Waals surface area contributed by atoms with E-state index in [1.807, 2.05) is 30.3 Å². The molecule has 1 aliphatic heterocycles. The second-order valence-electron chi connectivity index (χ2n) is 6.39. The van der Waals surface area contributed by atoms with Gasteiger partial charge in [0, 0.05) is 30.2 Å². The number of carbonyl (C=O) groups excluding carboxylic acids is 1. The summed E-state index contributed by atoms with van der Waals surface area (Å²) in [7, 11) is 0. The van der Waals surface area contributed by atoms with Crippen LogP contribution in [0.2, 0.25) is 5.02 Å². The van der Waals surface area contributed by atoms with E-state index in [2.05, 4.69) is 29.2 Å². The van der Waals surface area contributed by atoms with E-state index in [9.17, 15) is 4.79 Å². The van der Waals surface area contributed by atoms with Gasteiger partial charge >= 0.3 is 0 Å². The SMILES string of the molecule is O=C1C2=C(CC1c1cccc(Cl)c1)CN(Cc1ccccc1)C2. The van der Waals surface area contributed by atoms with Gasteiger partial charge in [-0.3, -0.25) is 9.69 Å². The van der Waals surface area contributed by atoms with Crippen LogP contribution in [0.1, 0.15) is 23.5 Å². The number of hydrogen-bond donors (Lipinski definition) is 0. The Bertz CT molecular complexity index is 781. The van der Waals surface area contributed by atoms with Crippen molar-refractivity contribution in [3.05, 3.63) is 81.9 Å². The van der Waals surface area contributed by atoms with E-state index in [-0.39, 0.29) is 11.7 Å². The van der Waals surface area contributed by atoms with Gasteiger partial charge in [0.1, 0.15) is 0 Å². The van der Waals surface area contributed by atoms with E-state index >= 15 is 0 Å². The van der Waals surface area contributed by atoms with E-state index < -0.39 is 0 Å². The molecule has 2 aromatic rings. The molecule has 2 aromatic carbocycles. The molecule has 1 unspecified atom stereocenters. The van der Waals surface area contributed by atoms with Gasteiger partial charge in [0.05, 0.1) is 5.92 Å². The second-order valence-corrected chi connectivity index (χ2v) is 6.83. The van der Waals surface area contributed by atoms with Gasteiger partial charge in [-0.25, -0.2) is 0 Å². The van der Waals surface area contributed by atoms with E-state index in [4.69, 9.17) is 11.6 Å². The van der Waals surface area contributed by atoms with Crippen LogP contribution < -0.4 is 0 Å². The number of halogens is 1. The minimum atomic E-state index is -0.0300. The molecule has 3 heteroatoms. The van der Waals surface area contributed by atoms with E-state index in [1.54, 1.807) is 0 Å². The Kier molecular flexibility index (Phi) is 3.80. The lowest BCUT2D eigenvalue weighted by Gasteiger charge is -2.20. The molecule has 0 spiro atoms. The number of Topliss-reactive ketones (excluding diaryl/α,β-unsaturated/α-hetero) is 1. The summed E-state index contributed by atoms with van der Waals surface area (Å²) < 4.78 is 0. The van der Waals surface area contributed by atoms with Crippen LogP contribution in [0, 0.1) is 0 Å². The highest BCUT2D eigenvalue weighted by atomic mass is 35.5. The Hall–Kier alpha value is -1.90. The molecule has 0 saturated carbocycles. The number of benzene rings is 2. The van der Waals surface area contributed by atoms with E-state index in [0.29, 0.717) is 5.02 Å². The molecule has 2 aliphatic rings. The zero-order valence-electron chi connectivity index (χ0n) is 12.8. The van der Waals surface area contributed by atoms with Crippen LogP contribution in [0.5, 0.6) is 0 Å². The van der Waals surface area contributed by atoms with E-state index in [0.717, 1.165) is 37.2 Å². The fraction of sp³-hybridized carbons (Fsp3) is 0.250. The minimum Gasteiger partial charge on any atom is -0.294 e. The number of carbonyl (C=O) groups is 1. The summed E-state index contributed by atoms with van der Waals surface area (Å²) in [6.07, 6.45) is 0.847. The van der Waals surface area contributed by atoms with Crippen LogP contribution in [0.3, 0.4) is 0 Å². The van der Waals surface area contributed by atoms with Gasteiger partial charge in [-0.15, -0.1) is 0 Å². The van der Waals surface area contributed by atoms with Crippen LogP contribution in [0.25, 0.3) is 0 Å². The Balaban J connectivity index is 1.46. The van der Waals surface area contributed by atoms with Gasteiger partial charge in [-0.2, -0.15) is 0 Å². The molecule has 1 atom stereocenters. The van der Waals surface area contributed by atoms with Crippen molar-refractivity contribution >= 4 is 17.4 Å². The van der Waals surface area contributed by atoms with Crippen molar-refractivity contribution in [1.82, 2.24) is 4.90 Å². The van der Waals surface area contributed by atoms with E-state index in [1.165, 1.54) is 11.1 Å². The quantitative estimate of drug-likeness (QED) is 0.843. The summed E-state index contributed by atoms with van der Waals surface area (Å²) >= 11 is 6.07. The van der Waals surface area contributed by atoms with Crippen molar-refractivity contribution in [1.29, 1.82) is 0 Å². The average Bonchev–Trinajstić information content (AvgIpc) is 3.08. The fourth-order valence-corrected chi connectivity index (χ4v) is 3.89. The maximum absolute atomic E-state index is 12.8. The maximum Gasteiger partial charge on any atom is 0.167 e. The highest BCUT2D eigenvalue weighted by molar-refractivity contribution is 6.30. The van der Waals surface area contributed by atoms with Crippen molar-refractivity contribution in [2.75, 3.05) is 13.1 Å². The largest absolute Gasteiger partial charge is 0.294 e. The molecule has 4 rings (SSSR count). The highest BCUT2D eigenvalue weighted by Gasteiger charge is 2.38. The number of rotatable bonds is 3. The molecule has 23 heavy (non-hydrogen) atoms. The summed E-state index contributed by atoms with van der Waals surface area (Å²) in [6, 6.07) is 18.2. The zero-order chi connectivity index (χ0) is 15.8. The smallest absolute Gasteiger partial charge is 0.167 e. The molecule has 1 aliphatic carbocycles. The van der Waals surface area contributed by atoms with Gasteiger partial charge in [0.25, 0.3) is 0 Å². The topological polar surface area (TPSA) is 20.3 Å². The monoisotopic (exact) mass is 323 g/mol. The molecule has 0 aromatic heterocycles. The lowest BCUT2D eigenvalue weighted by atomic mass is 9.93. The molecule has 116 valence electrons. The lowest BCUT2D eigenvalue weighted by molar-refractivity contribution is -0.116. The Labute approximate surface area is 141 Å². The Morgan fingerprint density at radius 2 is 1.87 bits per heavy atom. The summed E-state index contributed by atoms with van der Waals surface area (Å²) in [5, 5.41) is 0.702. The normalized spacial score (nSPS) is 21.1. The predicted octanol–water partition coefficient (Wildman–Crippen LogP) is 4.21. The second kappa shape index (κ2) is 5.95. The van der Waals surface area contributed by atoms with Crippen molar-refractivity contribution < 1.29 is 4.79 Å². The molecule has 0 amide bonds. The Morgan fingerprint density at radius 3 is 2.61 bits per heavy atom. The summed E-state index contributed by atoms with van der Waals surface area (Å²) in [5.74, 6) is 0.260. The number of ketones is 1.